The Kier molecular flexibility index (Phi) is 4.01. The van der Waals surface area contributed by atoms with E-state index in [1.807, 2.05) is 6.26 Å². The molecular formula is C15H24N2O. The fraction of sp³-hybridized carbons (Fsp3) is 0.733. The van der Waals surface area contributed by atoms with Crippen molar-refractivity contribution in [2.75, 3.05) is 32.7 Å². The normalized spacial score (nSPS) is 26.8. The topological polar surface area (TPSA) is 19.6 Å². The molecule has 2 aliphatic heterocycles. The Morgan fingerprint density at radius 3 is 2.72 bits per heavy atom. The minimum atomic E-state index is 0.878. The Balaban J connectivity index is 1.48. The van der Waals surface area contributed by atoms with Crippen LogP contribution >= 0.6 is 0 Å². The summed E-state index contributed by atoms with van der Waals surface area (Å²) < 4.78 is 5.16. The van der Waals surface area contributed by atoms with Crippen molar-refractivity contribution < 1.29 is 4.42 Å². The smallest absolute Gasteiger partial charge is 0.0947 e. The van der Waals surface area contributed by atoms with Crippen LogP contribution in [0.3, 0.4) is 0 Å². The van der Waals surface area contributed by atoms with Gasteiger partial charge in [-0.2, -0.15) is 0 Å². The number of nitrogens with zero attached hydrogens (tertiary/aromatic N) is 2. The largest absolute Gasteiger partial charge is 0.472 e. The Bertz CT molecular complexity index is 343. The maximum atomic E-state index is 5.16. The van der Waals surface area contributed by atoms with Gasteiger partial charge in [-0.25, -0.2) is 0 Å². The van der Waals surface area contributed by atoms with Gasteiger partial charge in [0.2, 0.25) is 0 Å². The number of hydrogen-bond acceptors (Lipinski definition) is 3. The summed E-state index contributed by atoms with van der Waals surface area (Å²) in [6.45, 7) is 7.56. The highest BCUT2D eigenvalue weighted by molar-refractivity contribution is 5.05. The van der Waals surface area contributed by atoms with E-state index < -0.39 is 0 Å². The second kappa shape index (κ2) is 5.89. The number of piperidine rings is 1. The number of furan rings is 1. The number of hydrogen-bond donors (Lipinski definition) is 0. The maximum Gasteiger partial charge on any atom is 0.0947 e. The maximum absolute atomic E-state index is 5.16. The van der Waals surface area contributed by atoms with Crippen LogP contribution < -0.4 is 0 Å². The molecule has 0 saturated carbocycles. The van der Waals surface area contributed by atoms with Crippen molar-refractivity contribution in [1.82, 2.24) is 9.80 Å². The van der Waals surface area contributed by atoms with Crippen molar-refractivity contribution >= 4 is 0 Å². The molecule has 0 aliphatic carbocycles. The van der Waals surface area contributed by atoms with E-state index in [0.29, 0.717) is 0 Å². The number of rotatable bonds is 4. The van der Waals surface area contributed by atoms with Crippen LogP contribution in [0.2, 0.25) is 0 Å². The summed E-state index contributed by atoms with van der Waals surface area (Å²) in [5.74, 6) is 0.878. The van der Waals surface area contributed by atoms with E-state index in [-0.39, 0.29) is 0 Å². The quantitative estimate of drug-likeness (QED) is 0.816. The van der Waals surface area contributed by atoms with Crippen molar-refractivity contribution in [3.05, 3.63) is 24.2 Å². The van der Waals surface area contributed by atoms with Crippen LogP contribution in [0.1, 0.15) is 31.2 Å². The van der Waals surface area contributed by atoms with Gasteiger partial charge in [0.25, 0.3) is 0 Å². The zero-order valence-corrected chi connectivity index (χ0v) is 11.2. The highest BCUT2D eigenvalue weighted by atomic mass is 16.3. The lowest BCUT2D eigenvalue weighted by molar-refractivity contribution is 0.137. The summed E-state index contributed by atoms with van der Waals surface area (Å²) in [6, 6.07) is 2.09. The Labute approximate surface area is 110 Å². The molecule has 2 aliphatic rings. The Hall–Kier alpha value is -0.800. The lowest BCUT2D eigenvalue weighted by Crippen LogP contribution is -2.39. The van der Waals surface area contributed by atoms with E-state index in [0.717, 1.165) is 12.5 Å². The highest BCUT2D eigenvalue weighted by Crippen LogP contribution is 2.21. The average Bonchev–Trinajstić information content (AvgIpc) is 3.03. The van der Waals surface area contributed by atoms with Crippen LogP contribution in [-0.2, 0) is 6.54 Å². The lowest BCUT2D eigenvalue weighted by atomic mass is 9.97. The standard InChI is InChI=1S/C15H24N2O/c1-2-7-16(6-1)10-14-4-3-8-17(11-14)12-15-5-9-18-13-15/h5,9,13-14H,1-4,6-8,10-12H2. The number of likely N-dealkylation sites (tertiary alicyclic amines) is 2. The fourth-order valence-electron chi connectivity index (χ4n) is 3.42. The average molecular weight is 248 g/mol. The summed E-state index contributed by atoms with van der Waals surface area (Å²) in [7, 11) is 0. The Morgan fingerprint density at radius 1 is 1.11 bits per heavy atom. The van der Waals surface area contributed by atoms with Gasteiger partial charge < -0.3 is 9.32 Å². The van der Waals surface area contributed by atoms with Crippen molar-refractivity contribution in [3.8, 4) is 0 Å². The molecule has 0 N–H and O–H groups in total. The lowest BCUT2D eigenvalue weighted by Gasteiger charge is -2.34. The first-order valence-electron chi connectivity index (χ1n) is 7.36. The van der Waals surface area contributed by atoms with E-state index >= 15 is 0 Å². The second-order valence-corrected chi connectivity index (χ2v) is 5.88. The first-order valence-corrected chi connectivity index (χ1v) is 7.36. The van der Waals surface area contributed by atoms with Crippen LogP contribution in [0.5, 0.6) is 0 Å². The molecule has 1 unspecified atom stereocenters. The first kappa shape index (κ1) is 12.2. The zero-order chi connectivity index (χ0) is 12.2. The summed E-state index contributed by atoms with van der Waals surface area (Å²) in [6.07, 6.45) is 9.25. The van der Waals surface area contributed by atoms with Crippen molar-refractivity contribution in [2.45, 2.75) is 32.2 Å². The predicted octanol–water partition coefficient (Wildman–Crippen LogP) is 2.59. The fourth-order valence-corrected chi connectivity index (χ4v) is 3.42. The summed E-state index contributed by atoms with van der Waals surface area (Å²) in [4.78, 5) is 5.25. The molecule has 0 spiro atoms. The van der Waals surface area contributed by atoms with E-state index in [4.69, 9.17) is 4.42 Å². The monoisotopic (exact) mass is 248 g/mol. The SMILES string of the molecule is c1cc(CN2CCCC(CN3CCCC3)C2)co1. The molecule has 1 aromatic heterocycles. The third kappa shape index (κ3) is 3.15. The molecule has 3 nitrogen and oxygen atoms in total. The molecule has 100 valence electrons. The third-order valence-corrected chi connectivity index (χ3v) is 4.30. The van der Waals surface area contributed by atoms with E-state index in [1.54, 1.807) is 6.26 Å². The molecule has 18 heavy (non-hydrogen) atoms. The third-order valence-electron chi connectivity index (χ3n) is 4.30. The first-order chi connectivity index (χ1) is 8.90. The molecule has 0 aromatic carbocycles. The summed E-state index contributed by atoms with van der Waals surface area (Å²) in [5, 5.41) is 0. The van der Waals surface area contributed by atoms with E-state index in [1.165, 1.54) is 64.0 Å². The molecule has 2 fully saturated rings. The van der Waals surface area contributed by atoms with Gasteiger partial charge in [-0.15, -0.1) is 0 Å². The highest BCUT2D eigenvalue weighted by Gasteiger charge is 2.23. The Morgan fingerprint density at radius 2 is 1.94 bits per heavy atom. The predicted molar refractivity (Wildman–Crippen MR) is 72.4 cm³/mol. The molecule has 1 aromatic rings. The molecule has 1 atom stereocenters. The molecular weight excluding hydrogens is 224 g/mol. The van der Waals surface area contributed by atoms with Gasteiger partial charge in [0.1, 0.15) is 0 Å². The van der Waals surface area contributed by atoms with Gasteiger partial charge in [-0.1, -0.05) is 0 Å². The minimum absolute atomic E-state index is 0.878. The second-order valence-electron chi connectivity index (χ2n) is 5.88. The zero-order valence-electron chi connectivity index (χ0n) is 11.2. The minimum Gasteiger partial charge on any atom is -0.472 e. The van der Waals surface area contributed by atoms with Gasteiger partial charge >= 0.3 is 0 Å². The molecule has 2 saturated heterocycles. The van der Waals surface area contributed by atoms with Gasteiger partial charge in [-0.3, -0.25) is 4.90 Å². The van der Waals surface area contributed by atoms with Crippen LogP contribution in [0.25, 0.3) is 0 Å². The molecule has 3 rings (SSSR count). The van der Waals surface area contributed by atoms with Gasteiger partial charge in [0.15, 0.2) is 0 Å². The summed E-state index contributed by atoms with van der Waals surface area (Å²) >= 11 is 0. The van der Waals surface area contributed by atoms with Crippen LogP contribution in [0.4, 0.5) is 0 Å². The van der Waals surface area contributed by atoms with Gasteiger partial charge in [0, 0.05) is 25.2 Å². The van der Waals surface area contributed by atoms with Gasteiger partial charge in [-0.05, 0) is 57.3 Å². The summed E-state index contributed by atoms with van der Waals surface area (Å²) in [5.41, 5.74) is 1.32. The molecule has 0 bridgehead atoms. The van der Waals surface area contributed by atoms with Crippen LogP contribution in [0, 0.1) is 5.92 Å². The van der Waals surface area contributed by atoms with E-state index in [9.17, 15) is 0 Å². The van der Waals surface area contributed by atoms with Crippen LogP contribution in [0.15, 0.2) is 23.0 Å². The molecule has 0 amide bonds. The van der Waals surface area contributed by atoms with Crippen molar-refractivity contribution in [1.29, 1.82) is 0 Å². The van der Waals surface area contributed by atoms with Gasteiger partial charge in [0.05, 0.1) is 12.5 Å². The van der Waals surface area contributed by atoms with E-state index in [2.05, 4.69) is 15.9 Å². The van der Waals surface area contributed by atoms with Crippen molar-refractivity contribution in [2.24, 2.45) is 5.92 Å². The van der Waals surface area contributed by atoms with Crippen molar-refractivity contribution in [3.63, 3.8) is 0 Å². The molecule has 3 heteroatoms. The molecule has 3 heterocycles. The molecule has 0 radical (unpaired) electrons. The van der Waals surface area contributed by atoms with Crippen LogP contribution in [-0.4, -0.2) is 42.5 Å².